The van der Waals surface area contributed by atoms with Crippen LogP contribution in [0.2, 0.25) is 0 Å². The van der Waals surface area contributed by atoms with Crippen molar-refractivity contribution in [2.45, 2.75) is 107 Å². The van der Waals surface area contributed by atoms with Crippen LogP contribution < -0.4 is 26.7 Å². The van der Waals surface area contributed by atoms with Crippen LogP contribution >= 0.6 is 0 Å². The molecule has 0 spiro atoms. The number of carbonyl (C=O) groups is 8. The van der Waals surface area contributed by atoms with Crippen LogP contribution in [0.15, 0.2) is 18.2 Å². The standard InChI is InChI=1S/C34H49N5O14/c1-32(2,3)28(44)50-35-17-11-10-12-23(37-51-29(45)33(4,5)6)27(43)49-21-14-13-20(19-48-31(47)53-39-24(40)15-16-25(39)41)22(18-21)26(42)36-38-52-30(46)34(7,8)9/h13-14,18,23,35,37-38H,10-12,15-17,19H2,1-9H3,(H,36,42). The largest absolute Gasteiger partial charge is 0.534 e. The molecule has 0 aliphatic carbocycles. The number of hydroxylamine groups is 4. The van der Waals surface area contributed by atoms with Crippen molar-refractivity contribution in [2.24, 2.45) is 16.2 Å². The molecule has 1 aliphatic rings. The van der Waals surface area contributed by atoms with Crippen LogP contribution in [0.5, 0.6) is 5.75 Å². The third-order valence-electron chi connectivity index (χ3n) is 6.97. The summed E-state index contributed by atoms with van der Waals surface area (Å²) in [6.07, 6.45) is -0.737. The van der Waals surface area contributed by atoms with Gasteiger partial charge in [0, 0.05) is 24.9 Å². The second-order valence-corrected chi connectivity index (χ2v) is 15.0. The predicted molar refractivity (Wildman–Crippen MR) is 180 cm³/mol. The van der Waals surface area contributed by atoms with E-state index in [0.717, 1.165) is 6.07 Å². The first kappa shape index (κ1) is 44.0. The maximum Gasteiger partial charge on any atom is 0.534 e. The minimum absolute atomic E-state index is 0.0377. The van der Waals surface area contributed by atoms with Crippen LogP contribution in [-0.4, -0.2) is 65.4 Å². The second kappa shape index (κ2) is 19.1. The molecule has 1 atom stereocenters. The summed E-state index contributed by atoms with van der Waals surface area (Å²) < 4.78 is 10.6. The van der Waals surface area contributed by atoms with Crippen LogP contribution in [0, 0.1) is 16.2 Å². The van der Waals surface area contributed by atoms with E-state index in [1.54, 1.807) is 62.3 Å². The molecule has 1 aliphatic heterocycles. The lowest BCUT2D eigenvalue weighted by atomic mass is 9.98. The number of nitrogens with one attached hydrogen (secondary N) is 4. The van der Waals surface area contributed by atoms with Crippen LogP contribution in [-0.2, 0) is 59.5 Å². The maximum absolute atomic E-state index is 13.4. The quantitative estimate of drug-likeness (QED) is 0.0474. The minimum Gasteiger partial charge on any atom is -0.428 e. The van der Waals surface area contributed by atoms with E-state index >= 15 is 0 Å². The van der Waals surface area contributed by atoms with Crippen molar-refractivity contribution < 1.29 is 67.2 Å². The van der Waals surface area contributed by atoms with E-state index in [-0.39, 0.29) is 47.7 Å². The second-order valence-electron chi connectivity index (χ2n) is 15.0. The number of rotatable bonds is 16. The molecule has 1 saturated heterocycles. The lowest BCUT2D eigenvalue weighted by Gasteiger charge is -2.21. The molecule has 1 aromatic carbocycles. The van der Waals surface area contributed by atoms with E-state index in [0.29, 0.717) is 12.8 Å². The summed E-state index contributed by atoms with van der Waals surface area (Å²) in [5, 5.41) is 0.285. The Kier molecular flexibility index (Phi) is 15.9. The summed E-state index contributed by atoms with van der Waals surface area (Å²) in [5.41, 5.74) is 6.54. The number of hydrazine groups is 1. The lowest BCUT2D eigenvalue weighted by molar-refractivity contribution is -0.177. The summed E-state index contributed by atoms with van der Waals surface area (Å²) in [6.45, 7) is 14.4. The number of imide groups is 1. The molecule has 1 fully saturated rings. The van der Waals surface area contributed by atoms with Crippen molar-refractivity contribution in [1.29, 1.82) is 0 Å². The van der Waals surface area contributed by atoms with Gasteiger partial charge in [-0.25, -0.2) is 24.0 Å². The van der Waals surface area contributed by atoms with Crippen molar-refractivity contribution in [3.05, 3.63) is 29.3 Å². The number of amides is 3. The smallest absolute Gasteiger partial charge is 0.428 e. The number of esters is 1. The molecule has 2 rings (SSSR count). The Labute approximate surface area is 306 Å². The third kappa shape index (κ3) is 14.8. The molecule has 3 amide bonds. The van der Waals surface area contributed by atoms with E-state index in [2.05, 4.69) is 21.2 Å². The van der Waals surface area contributed by atoms with Gasteiger partial charge in [0.1, 0.15) is 18.4 Å². The predicted octanol–water partition coefficient (Wildman–Crippen LogP) is 2.77. The summed E-state index contributed by atoms with van der Waals surface area (Å²) in [7, 11) is 0. The van der Waals surface area contributed by atoms with Gasteiger partial charge < -0.3 is 24.0 Å². The van der Waals surface area contributed by atoms with E-state index in [4.69, 9.17) is 24.0 Å². The van der Waals surface area contributed by atoms with Crippen molar-refractivity contribution in [3.63, 3.8) is 0 Å². The zero-order valence-corrected chi connectivity index (χ0v) is 31.4. The highest BCUT2D eigenvalue weighted by Crippen LogP contribution is 2.22. The third-order valence-corrected chi connectivity index (χ3v) is 6.97. The number of benzene rings is 1. The topological polar surface area (TPSA) is 243 Å². The summed E-state index contributed by atoms with van der Waals surface area (Å²) in [6, 6.07) is 2.52. The van der Waals surface area contributed by atoms with Crippen LogP contribution in [0.3, 0.4) is 0 Å². The van der Waals surface area contributed by atoms with E-state index in [1.165, 1.54) is 12.1 Å². The van der Waals surface area contributed by atoms with Gasteiger partial charge in [-0.15, -0.1) is 5.48 Å². The van der Waals surface area contributed by atoms with E-state index in [1.807, 2.05) is 5.59 Å². The van der Waals surface area contributed by atoms with Crippen molar-refractivity contribution in [2.75, 3.05) is 6.54 Å². The van der Waals surface area contributed by atoms with Crippen molar-refractivity contribution in [3.8, 4) is 5.75 Å². The molecular formula is C34H49N5O14. The number of carbonyl (C=O) groups excluding carboxylic acids is 8. The Morgan fingerprint density at radius 1 is 0.774 bits per heavy atom. The van der Waals surface area contributed by atoms with Crippen LogP contribution in [0.1, 0.15) is 110 Å². The first-order chi connectivity index (χ1) is 24.5. The first-order valence-electron chi connectivity index (χ1n) is 16.7. The average Bonchev–Trinajstić information content (AvgIpc) is 3.37. The van der Waals surface area contributed by atoms with Crippen molar-refractivity contribution >= 4 is 47.8 Å². The molecule has 19 nitrogen and oxygen atoms in total. The summed E-state index contributed by atoms with van der Waals surface area (Å²) >= 11 is 0. The minimum atomic E-state index is -1.41. The lowest BCUT2D eigenvalue weighted by Crippen LogP contribution is -2.43. The highest BCUT2D eigenvalue weighted by molar-refractivity contribution is 6.01. The molecule has 0 saturated carbocycles. The van der Waals surface area contributed by atoms with Gasteiger partial charge in [-0.1, -0.05) is 16.7 Å². The summed E-state index contributed by atoms with van der Waals surface area (Å²) in [5.74, 6) is -5.23. The molecule has 1 heterocycles. The van der Waals surface area contributed by atoms with E-state index < -0.39 is 76.6 Å². The number of nitrogens with zero attached hydrogens (tertiary/aromatic N) is 1. The Morgan fingerprint density at radius 3 is 1.92 bits per heavy atom. The molecule has 1 aromatic rings. The fraction of sp³-hybridized carbons (Fsp3) is 0.588. The van der Waals surface area contributed by atoms with Gasteiger partial charge in [0.2, 0.25) is 0 Å². The molecule has 4 N–H and O–H groups in total. The molecule has 19 heteroatoms. The molecule has 1 unspecified atom stereocenters. The normalized spacial score (nSPS) is 13.9. The van der Waals surface area contributed by atoms with Crippen LogP contribution in [0.4, 0.5) is 4.79 Å². The van der Waals surface area contributed by atoms with Gasteiger partial charge >= 0.3 is 30.0 Å². The zero-order valence-electron chi connectivity index (χ0n) is 31.4. The van der Waals surface area contributed by atoms with Crippen LogP contribution in [0.25, 0.3) is 0 Å². The zero-order chi connectivity index (χ0) is 40.1. The fourth-order valence-corrected chi connectivity index (χ4v) is 3.70. The number of unbranched alkanes of at least 4 members (excludes halogenated alkanes) is 1. The maximum atomic E-state index is 13.4. The average molecular weight is 752 g/mol. The SMILES string of the molecule is CC(C)(C)C(=O)ONCCCCC(NOC(=O)C(C)(C)C)C(=O)Oc1ccc(COC(=O)ON2C(=O)CCC2=O)c(C(=O)NNOC(=O)C(C)(C)C)c1. The van der Waals surface area contributed by atoms with Gasteiger partial charge in [0.25, 0.3) is 17.7 Å². The highest BCUT2D eigenvalue weighted by atomic mass is 16.8. The monoisotopic (exact) mass is 751 g/mol. The van der Waals surface area contributed by atoms with Crippen molar-refractivity contribution in [1.82, 2.24) is 27.0 Å². The molecular weight excluding hydrogens is 702 g/mol. The van der Waals surface area contributed by atoms with Gasteiger partial charge in [-0.3, -0.25) is 24.6 Å². The molecule has 294 valence electrons. The Balaban J connectivity index is 2.21. The molecule has 0 radical (unpaired) electrons. The Bertz CT molecular complexity index is 1530. The summed E-state index contributed by atoms with van der Waals surface area (Å²) in [4.78, 5) is 119. The van der Waals surface area contributed by atoms with Gasteiger partial charge in [-0.2, -0.15) is 5.48 Å². The molecule has 53 heavy (non-hydrogen) atoms. The Morgan fingerprint density at radius 2 is 1.34 bits per heavy atom. The molecule has 0 aromatic heterocycles. The number of ether oxygens (including phenoxy) is 2. The van der Waals surface area contributed by atoms with Gasteiger partial charge in [0.15, 0.2) is 0 Å². The van der Waals surface area contributed by atoms with Gasteiger partial charge in [-0.05, 0) is 93.7 Å². The first-order valence-corrected chi connectivity index (χ1v) is 16.7. The van der Waals surface area contributed by atoms with E-state index in [9.17, 15) is 38.4 Å². The molecule has 0 bridgehead atoms. The highest BCUT2D eigenvalue weighted by Gasteiger charge is 2.34. The van der Waals surface area contributed by atoms with Gasteiger partial charge in [0.05, 0.1) is 21.8 Å². The number of hydrogen-bond acceptors (Lipinski definition) is 17. The Hall–Kier alpha value is -5.14. The number of hydrogen-bond donors (Lipinski definition) is 4. The fourth-order valence-electron chi connectivity index (χ4n) is 3.70.